The summed E-state index contributed by atoms with van der Waals surface area (Å²) in [5.41, 5.74) is 0.487. The molecule has 1 amide bonds. The van der Waals surface area contributed by atoms with E-state index in [1.165, 1.54) is 18.2 Å². The number of carbonyl (C=O) groups is 1. The topological polar surface area (TPSA) is 97.0 Å². The number of methoxy groups -OCH3 is 1. The number of carbonyl (C=O) groups excluding carboxylic acids is 1. The number of nitrogens with zero attached hydrogens (tertiary/aromatic N) is 1. The molecule has 10 heteroatoms. The second kappa shape index (κ2) is 10.7. The number of hydrogen-bond donors (Lipinski definition) is 2. The number of anilines is 1. The summed E-state index contributed by atoms with van der Waals surface area (Å²) >= 11 is 6.07. The maximum atomic E-state index is 13.3. The second-order valence-corrected chi connectivity index (χ2v) is 10.4. The Morgan fingerprint density at radius 1 is 1.21 bits per heavy atom. The van der Waals surface area contributed by atoms with Crippen molar-refractivity contribution in [1.82, 2.24) is 10.2 Å². The summed E-state index contributed by atoms with van der Waals surface area (Å²) < 4.78 is 39.8. The van der Waals surface area contributed by atoms with Crippen molar-refractivity contribution >= 4 is 33.2 Å². The lowest BCUT2D eigenvalue weighted by molar-refractivity contribution is 0.0281. The van der Waals surface area contributed by atoms with Crippen LogP contribution in [0.1, 0.15) is 24.2 Å². The molecule has 0 radical (unpaired) electrons. The maximum Gasteiger partial charge on any atom is 0.263 e. The Balaban J connectivity index is 1.95. The number of fused-ring (bicyclic) bond motifs is 1. The molecule has 180 valence electrons. The molecule has 8 nitrogen and oxygen atoms in total. The summed E-state index contributed by atoms with van der Waals surface area (Å²) in [6, 6.07) is 10.9. The quantitative estimate of drug-likeness (QED) is 0.676. The van der Waals surface area contributed by atoms with Crippen LogP contribution in [0.15, 0.2) is 47.4 Å². The van der Waals surface area contributed by atoms with Gasteiger partial charge in [0.1, 0.15) is 17.3 Å². The smallest absolute Gasteiger partial charge is 0.263 e. The summed E-state index contributed by atoms with van der Waals surface area (Å²) in [5, 5.41) is 3.53. The fraction of sp³-hybridized carbons (Fsp3) is 0.435. The minimum atomic E-state index is -3.95. The van der Waals surface area contributed by atoms with Crippen molar-refractivity contribution in [3.63, 3.8) is 0 Å². The van der Waals surface area contributed by atoms with Gasteiger partial charge in [0.05, 0.1) is 16.7 Å². The number of nitrogens with one attached hydrogen (secondary N) is 2. The van der Waals surface area contributed by atoms with Crippen LogP contribution in [0.3, 0.4) is 0 Å². The molecule has 2 aromatic rings. The molecule has 0 saturated carbocycles. The fourth-order valence-corrected chi connectivity index (χ4v) is 5.17. The van der Waals surface area contributed by atoms with Crippen molar-refractivity contribution in [2.75, 3.05) is 38.6 Å². The van der Waals surface area contributed by atoms with Gasteiger partial charge in [-0.15, -0.1) is 0 Å². The van der Waals surface area contributed by atoms with Gasteiger partial charge in [-0.3, -0.25) is 9.52 Å². The van der Waals surface area contributed by atoms with E-state index in [1.54, 1.807) is 43.3 Å². The number of sulfonamides is 1. The van der Waals surface area contributed by atoms with Gasteiger partial charge in [0.2, 0.25) is 0 Å². The first-order chi connectivity index (χ1) is 15.6. The average molecular weight is 496 g/mol. The van der Waals surface area contributed by atoms with Crippen molar-refractivity contribution in [3.05, 3.63) is 53.1 Å². The summed E-state index contributed by atoms with van der Waals surface area (Å²) in [5.74, 6) is 0.253. The molecule has 1 aliphatic heterocycles. The standard InChI is InChI=1S/C23H30ClN3O5S/c1-15-12-25-16(2)14-32-20-10-9-17(11-18(20)23(28)27(3)13-21(15)31-4)26-33(29,30)22-8-6-5-7-19(22)24/h5-11,15-16,21,25-26H,12-14H2,1-4H3/t15-,16+,21+/m0/s1. The molecule has 0 unspecified atom stereocenters. The third-order valence-corrected chi connectivity index (χ3v) is 7.48. The van der Waals surface area contributed by atoms with Crippen LogP contribution in [-0.4, -0.2) is 65.2 Å². The van der Waals surface area contributed by atoms with Crippen molar-refractivity contribution in [3.8, 4) is 5.75 Å². The Bertz CT molecular complexity index is 1100. The monoisotopic (exact) mass is 495 g/mol. The molecule has 0 bridgehead atoms. The molecule has 0 spiro atoms. The number of benzene rings is 2. The van der Waals surface area contributed by atoms with Gasteiger partial charge in [-0.2, -0.15) is 0 Å². The molecule has 1 aliphatic rings. The minimum absolute atomic E-state index is 0.0449. The van der Waals surface area contributed by atoms with Crippen LogP contribution in [0.5, 0.6) is 5.75 Å². The zero-order chi connectivity index (χ0) is 24.2. The van der Waals surface area contributed by atoms with E-state index in [4.69, 9.17) is 21.1 Å². The number of ether oxygens (including phenoxy) is 2. The highest BCUT2D eigenvalue weighted by Crippen LogP contribution is 2.28. The Kier molecular flexibility index (Phi) is 8.23. The summed E-state index contributed by atoms with van der Waals surface area (Å²) in [6.07, 6.45) is -0.163. The number of amides is 1. The lowest BCUT2D eigenvalue weighted by atomic mass is 10.0. The highest BCUT2D eigenvalue weighted by atomic mass is 35.5. The summed E-state index contributed by atoms with van der Waals surface area (Å²) in [7, 11) is -0.628. The fourth-order valence-electron chi connectivity index (χ4n) is 3.60. The van der Waals surface area contributed by atoms with Gasteiger partial charge in [0, 0.05) is 39.0 Å². The third-order valence-electron chi connectivity index (χ3n) is 5.60. The van der Waals surface area contributed by atoms with Crippen molar-refractivity contribution in [2.45, 2.75) is 30.9 Å². The van der Waals surface area contributed by atoms with E-state index in [0.717, 1.165) is 6.54 Å². The molecular weight excluding hydrogens is 466 g/mol. The van der Waals surface area contributed by atoms with E-state index in [0.29, 0.717) is 18.9 Å². The van der Waals surface area contributed by atoms with Gasteiger partial charge in [0.25, 0.3) is 15.9 Å². The van der Waals surface area contributed by atoms with Crippen LogP contribution in [0.4, 0.5) is 5.69 Å². The molecule has 33 heavy (non-hydrogen) atoms. The third kappa shape index (κ3) is 6.17. The molecule has 3 rings (SSSR count). The molecule has 1 heterocycles. The zero-order valence-electron chi connectivity index (χ0n) is 19.2. The van der Waals surface area contributed by atoms with E-state index in [2.05, 4.69) is 17.0 Å². The van der Waals surface area contributed by atoms with Gasteiger partial charge >= 0.3 is 0 Å². The molecule has 0 fully saturated rings. The van der Waals surface area contributed by atoms with E-state index >= 15 is 0 Å². The lowest BCUT2D eigenvalue weighted by Crippen LogP contribution is -2.44. The normalized spacial score (nSPS) is 22.5. The first kappa shape index (κ1) is 25.3. The van der Waals surface area contributed by atoms with E-state index in [1.807, 2.05) is 6.92 Å². The van der Waals surface area contributed by atoms with Gasteiger partial charge in [0.15, 0.2) is 0 Å². The van der Waals surface area contributed by atoms with Crippen LogP contribution in [0, 0.1) is 5.92 Å². The van der Waals surface area contributed by atoms with Crippen molar-refractivity contribution < 1.29 is 22.7 Å². The Morgan fingerprint density at radius 2 is 1.94 bits per heavy atom. The second-order valence-electron chi connectivity index (χ2n) is 8.30. The molecule has 3 atom stereocenters. The van der Waals surface area contributed by atoms with Gasteiger partial charge in [-0.05, 0) is 43.2 Å². The van der Waals surface area contributed by atoms with Gasteiger partial charge in [-0.1, -0.05) is 30.7 Å². The number of halogens is 1. The van der Waals surface area contributed by atoms with E-state index < -0.39 is 10.0 Å². The summed E-state index contributed by atoms with van der Waals surface area (Å²) in [6.45, 7) is 5.51. The van der Waals surface area contributed by atoms with Crippen molar-refractivity contribution in [1.29, 1.82) is 0 Å². The van der Waals surface area contributed by atoms with Crippen LogP contribution >= 0.6 is 11.6 Å². The Hall–Kier alpha value is -2.33. The van der Waals surface area contributed by atoms with Crippen molar-refractivity contribution in [2.24, 2.45) is 5.92 Å². The zero-order valence-corrected chi connectivity index (χ0v) is 20.7. The van der Waals surface area contributed by atoms with E-state index in [9.17, 15) is 13.2 Å². The largest absolute Gasteiger partial charge is 0.491 e. The highest BCUT2D eigenvalue weighted by Gasteiger charge is 2.26. The van der Waals surface area contributed by atoms with Gasteiger partial charge in [-0.25, -0.2) is 8.42 Å². The Morgan fingerprint density at radius 3 is 2.64 bits per heavy atom. The predicted octanol–water partition coefficient (Wildman–Crippen LogP) is 3.23. The molecule has 0 saturated heterocycles. The first-order valence-corrected chi connectivity index (χ1v) is 12.5. The highest BCUT2D eigenvalue weighted by molar-refractivity contribution is 7.92. The molecule has 2 aromatic carbocycles. The predicted molar refractivity (Wildman–Crippen MR) is 129 cm³/mol. The lowest BCUT2D eigenvalue weighted by Gasteiger charge is -2.30. The van der Waals surface area contributed by atoms with Crippen LogP contribution < -0.4 is 14.8 Å². The average Bonchev–Trinajstić information content (AvgIpc) is 2.78. The number of likely N-dealkylation sites (N-methyl/N-ethyl adjacent to an activating group) is 1. The Labute approximate surface area is 200 Å². The molecule has 0 aromatic heterocycles. The van der Waals surface area contributed by atoms with Crippen LogP contribution in [-0.2, 0) is 14.8 Å². The maximum absolute atomic E-state index is 13.3. The van der Waals surface area contributed by atoms with Crippen LogP contribution in [0.25, 0.3) is 0 Å². The van der Waals surface area contributed by atoms with Crippen LogP contribution in [0.2, 0.25) is 5.02 Å². The molecule has 0 aliphatic carbocycles. The van der Waals surface area contributed by atoms with E-state index in [-0.39, 0.29) is 45.1 Å². The SMILES string of the molecule is CO[C@@H]1CN(C)C(=O)c2cc(NS(=O)(=O)c3ccccc3Cl)ccc2OC[C@@H](C)NC[C@@H]1C. The minimum Gasteiger partial charge on any atom is -0.491 e. The number of hydrogen-bond acceptors (Lipinski definition) is 6. The summed E-state index contributed by atoms with van der Waals surface area (Å²) in [4.78, 5) is 14.8. The first-order valence-electron chi connectivity index (χ1n) is 10.7. The van der Waals surface area contributed by atoms with Gasteiger partial charge < -0.3 is 19.7 Å². The number of rotatable bonds is 4. The molecule has 2 N–H and O–H groups in total. The molecular formula is C23H30ClN3O5S.